The van der Waals surface area contributed by atoms with Crippen LogP contribution in [0.3, 0.4) is 0 Å². The minimum absolute atomic E-state index is 0. The summed E-state index contributed by atoms with van der Waals surface area (Å²) in [7, 11) is -2.12. The van der Waals surface area contributed by atoms with Gasteiger partial charge in [0.05, 0.1) is 4.90 Å². The van der Waals surface area contributed by atoms with Gasteiger partial charge in [0.1, 0.15) is 0 Å². The number of amides is 1. The number of rotatable bonds is 5. The smallest absolute Gasteiger partial charge is 0.251 e. The highest BCUT2D eigenvalue weighted by molar-refractivity contribution is 7.89. The van der Waals surface area contributed by atoms with Crippen molar-refractivity contribution in [1.82, 2.24) is 15.4 Å². The Kier molecular flexibility index (Phi) is 7.02. The molecule has 0 fully saturated rings. The minimum atomic E-state index is -3.47. The predicted octanol–water partition coefficient (Wildman–Crippen LogP) is 0.666. The summed E-state index contributed by atoms with van der Waals surface area (Å²) in [6.45, 7) is 2.29. The lowest BCUT2D eigenvalue weighted by Crippen LogP contribution is -2.29. The largest absolute Gasteiger partial charge is 0.348 e. The molecule has 8 heteroatoms. The standard InChI is InChI=1S/C14H19N3O3S.ClH/c1-15-21(19,20)13-4-2-12(3-5-13)14(18)17-10-11-6-8-16-9-7-11;/h2-6,15-16H,7-10H2,1H3,(H,17,18);1H. The molecule has 1 amide bonds. The topological polar surface area (TPSA) is 87.3 Å². The van der Waals surface area contributed by atoms with Crippen LogP contribution in [0.4, 0.5) is 0 Å². The Balaban J connectivity index is 0.00000242. The summed E-state index contributed by atoms with van der Waals surface area (Å²) in [6, 6.07) is 5.86. The molecule has 1 aromatic rings. The van der Waals surface area contributed by atoms with Gasteiger partial charge in [-0.1, -0.05) is 11.6 Å². The van der Waals surface area contributed by atoms with Crippen molar-refractivity contribution >= 4 is 28.3 Å². The number of benzene rings is 1. The first-order valence-electron chi connectivity index (χ1n) is 6.73. The van der Waals surface area contributed by atoms with Gasteiger partial charge in [0, 0.05) is 18.7 Å². The Bertz CT molecular complexity index is 642. The van der Waals surface area contributed by atoms with Crippen molar-refractivity contribution in [3.05, 3.63) is 41.5 Å². The molecule has 1 heterocycles. The molecule has 0 unspecified atom stereocenters. The molecule has 0 atom stereocenters. The van der Waals surface area contributed by atoms with Crippen LogP contribution < -0.4 is 15.4 Å². The fraction of sp³-hybridized carbons (Fsp3) is 0.357. The van der Waals surface area contributed by atoms with Crippen LogP contribution >= 0.6 is 12.4 Å². The van der Waals surface area contributed by atoms with E-state index in [0.717, 1.165) is 19.5 Å². The van der Waals surface area contributed by atoms with Gasteiger partial charge in [-0.2, -0.15) is 0 Å². The number of carbonyl (C=O) groups is 1. The second-order valence-corrected chi connectivity index (χ2v) is 6.62. The highest BCUT2D eigenvalue weighted by atomic mass is 35.5. The van der Waals surface area contributed by atoms with Crippen LogP contribution in [0, 0.1) is 0 Å². The van der Waals surface area contributed by atoms with Crippen molar-refractivity contribution in [3.8, 4) is 0 Å². The molecule has 1 aromatic carbocycles. The molecule has 0 saturated heterocycles. The van der Waals surface area contributed by atoms with Gasteiger partial charge in [-0.15, -0.1) is 12.4 Å². The number of carbonyl (C=O) groups excluding carboxylic acids is 1. The number of nitrogens with one attached hydrogen (secondary N) is 3. The summed E-state index contributed by atoms with van der Waals surface area (Å²) in [5.74, 6) is -0.206. The van der Waals surface area contributed by atoms with E-state index < -0.39 is 10.0 Å². The molecule has 0 bridgehead atoms. The number of hydrogen-bond donors (Lipinski definition) is 3. The zero-order valence-corrected chi connectivity index (χ0v) is 13.9. The molecule has 3 N–H and O–H groups in total. The number of hydrogen-bond acceptors (Lipinski definition) is 4. The van der Waals surface area contributed by atoms with Crippen LogP contribution in [0.2, 0.25) is 0 Å². The maximum absolute atomic E-state index is 12.0. The first-order valence-corrected chi connectivity index (χ1v) is 8.21. The normalized spacial score (nSPS) is 14.7. The van der Waals surface area contributed by atoms with Crippen molar-refractivity contribution in [2.75, 3.05) is 26.7 Å². The average molecular weight is 346 g/mol. The second-order valence-electron chi connectivity index (χ2n) is 4.73. The monoisotopic (exact) mass is 345 g/mol. The molecule has 0 radical (unpaired) electrons. The van der Waals surface area contributed by atoms with Crippen LogP contribution in [-0.2, 0) is 10.0 Å². The lowest BCUT2D eigenvalue weighted by molar-refractivity contribution is 0.0956. The fourth-order valence-electron chi connectivity index (χ4n) is 2.03. The predicted molar refractivity (Wildman–Crippen MR) is 87.8 cm³/mol. The molecule has 1 aliphatic rings. The third kappa shape index (κ3) is 4.81. The first kappa shape index (κ1) is 18.6. The number of sulfonamides is 1. The Labute approximate surface area is 136 Å². The van der Waals surface area contributed by atoms with E-state index in [0.29, 0.717) is 12.1 Å². The number of halogens is 1. The first-order chi connectivity index (χ1) is 10.0. The lowest BCUT2D eigenvalue weighted by atomic mass is 10.1. The van der Waals surface area contributed by atoms with E-state index >= 15 is 0 Å². The van der Waals surface area contributed by atoms with Crippen LogP contribution in [-0.4, -0.2) is 41.0 Å². The molecule has 0 aliphatic carbocycles. The highest BCUT2D eigenvalue weighted by Gasteiger charge is 2.13. The SMILES string of the molecule is CNS(=O)(=O)c1ccc(C(=O)NCC2=CCNCC2)cc1.Cl. The van der Waals surface area contributed by atoms with Gasteiger partial charge in [0.25, 0.3) is 5.91 Å². The maximum atomic E-state index is 12.0. The molecule has 0 aromatic heterocycles. The molecule has 0 saturated carbocycles. The van der Waals surface area contributed by atoms with Crippen LogP contribution in [0.5, 0.6) is 0 Å². The van der Waals surface area contributed by atoms with Gasteiger partial charge in [0.15, 0.2) is 0 Å². The van der Waals surface area contributed by atoms with Gasteiger partial charge in [-0.05, 0) is 44.3 Å². The van der Waals surface area contributed by atoms with Gasteiger partial charge < -0.3 is 10.6 Å². The van der Waals surface area contributed by atoms with Crippen molar-refractivity contribution < 1.29 is 13.2 Å². The summed E-state index contributed by atoms with van der Waals surface area (Å²) < 4.78 is 25.4. The average Bonchev–Trinajstić information content (AvgIpc) is 2.53. The van der Waals surface area contributed by atoms with Gasteiger partial charge in [-0.3, -0.25) is 4.79 Å². The molecule has 0 spiro atoms. The van der Waals surface area contributed by atoms with Gasteiger partial charge in [0.2, 0.25) is 10.0 Å². The van der Waals surface area contributed by atoms with E-state index in [1.807, 2.05) is 0 Å². The van der Waals surface area contributed by atoms with Crippen molar-refractivity contribution in [1.29, 1.82) is 0 Å². The maximum Gasteiger partial charge on any atom is 0.251 e. The highest BCUT2D eigenvalue weighted by Crippen LogP contribution is 2.10. The van der Waals surface area contributed by atoms with E-state index in [1.165, 1.54) is 36.9 Å². The lowest BCUT2D eigenvalue weighted by Gasteiger charge is -2.14. The molecule has 1 aliphatic heterocycles. The summed E-state index contributed by atoms with van der Waals surface area (Å²) in [6.07, 6.45) is 3.01. The van der Waals surface area contributed by atoms with Crippen molar-refractivity contribution in [2.45, 2.75) is 11.3 Å². The fourth-order valence-corrected chi connectivity index (χ4v) is 2.76. The molecule has 122 valence electrons. The van der Waals surface area contributed by atoms with Crippen molar-refractivity contribution in [2.24, 2.45) is 0 Å². The molecular formula is C14H20ClN3O3S. The van der Waals surface area contributed by atoms with Gasteiger partial charge in [-0.25, -0.2) is 13.1 Å². The molecule has 6 nitrogen and oxygen atoms in total. The summed E-state index contributed by atoms with van der Waals surface area (Å²) in [4.78, 5) is 12.1. The Morgan fingerprint density at radius 1 is 1.27 bits per heavy atom. The third-order valence-corrected chi connectivity index (χ3v) is 4.76. The van der Waals surface area contributed by atoms with E-state index in [-0.39, 0.29) is 23.2 Å². The second kappa shape index (κ2) is 8.28. The van der Waals surface area contributed by atoms with E-state index in [4.69, 9.17) is 0 Å². The Morgan fingerprint density at radius 3 is 2.50 bits per heavy atom. The molecular weight excluding hydrogens is 326 g/mol. The zero-order valence-electron chi connectivity index (χ0n) is 12.3. The van der Waals surface area contributed by atoms with Crippen LogP contribution in [0.1, 0.15) is 16.8 Å². The minimum Gasteiger partial charge on any atom is -0.348 e. The van der Waals surface area contributed by atoms with E-state index in [2.05, 4.69) is 21.4 Å². The van der Waals surface area contributed by atoms with E-state index in [9.17, 15) is 13.2 Å². The quantitative estimate of drug-likeness (QED) is 0.684. The van der Waals surface area contributed by atoms with Crippen molar-refractivity contribution in [3.63, 3.8) is 0 Å². The molecule has 2 rings (SSSR count). The van der Waals surface area contributed by atoms with Crippen LogP contribution in [0.25, 0.3) is 0 Å². The third-order valence-electron chi connectivity index (χ3n) is 3.33. The Hall–Kier alpha value is -1.41. The zero-order chi connectivity index (χ0) is 15.3. The molecule has 22 heavy (non-hydrogen) atoms. The summed E-state index contributed by atoms with van der Waals surface area (Å²) >= 11 is 0. The van der Waals surface area contributed by atoms with Crippen LogP contribution in [0.15, 0.2) is 40.8 Å². The summed E-state index contributed by atoms with van der Waals surface area (Å²) in [5, 5.41) is 6.05. The van der Waals surface area contributed by atoms with E-state index in [1.54, 1.807) is 0 Å². The Morgan fingerprint density at radius 2 is 1.95 bits per heavy atom. The summed E-state index contributed by atoms with van der Waals surface area (Å²) in [5.41, 5.74) is 1.65. The van der Waals surface area contributed by atoms with Gasteiger partial charge >= 0.3 is 0 Å².